The number of likely N-dealkylation sites (tertiary alicyclic amines) is 2. The number of benzene rings is 1. The molecule has 1 aromatic rings. The molecule has 7 nitrogen and oxygen atoms in total. The van der Waals surface area contributed by atoms with Crippen molar-refractivity contribution in [2.75, 3.05) is 40.4 Å². The van der Waals surface area contributed by atoms with Crippen molar-refractivity contribution in [2.45, 2.75) is 31.8 Å². The average molecular weight is 412 g/mol. The van der Waals surface area contributed by atoms with Crippen LogP contribution in [-0.4, -0.2) is 73.2 Å². The van der Waals surface area contributed by atoms with E-state index < -0.39 is 6.04 Å². The molecule has 2 aliphatic rings. The number of rotatable bonds is 6. The minimum atomic E-state index is -0.547. The lowest BCUT2D eigenvalue weighted by Gasteiger charge is -2.39. The van der Waals surface area contributed by atoms with Crippen LogP contribution in [0.1, 0.15) is 24.8 Å². The lowest BCUT2D eigenvalue weighted by Crippen LogP contribution is -2.51. The van der Waals surface area contributed by atoms with Gasteiger partial charge in [0.15, 0.2) is 0 Å². The number of nitrogens with one attached hydrogen (secondary N) is 1. The first-order valence-corrected chi connectivity index (χ1v) is 9.48. The number of halogens is 1. The number of aliphatic hydroxyl groups is 1. The summed E-state index contributed by atoms with van der Waals surface area (Å²) in [6, 6.07) is 7.26. The summed E-state index contributed by atoms with van der Waals surface area (Å²) in [5.41, 5.74) is 1.02. The standard InChI is InChI=1S/C20H29N3O4.ClH/c1-21-17(13-24)19(26)22-8-6-20(7-9-22)11-18(25)23(14-20)12-15-4-3-5-16(10-15)27-2;/h3-5,10,17,21,24H,6-9,11-14H2,1-2H3;1H/t17-;/m0./s1. The maximum atomic E-state index is 12.6. The Morgan fingerprint density at radius 3 is 2.68 bits per heavy atom. The summed E-state index contributed by atoms with van der Waals surface area (Å²) in [5.74, 6) is 0.914. The van der Waals surface area contributed by atoms with Gasteiger partial charge < -0.3 is 25.0 Å². The van der Waals surface area contributed by atoms with Crippen molar-refractivity contribution < 1.29 is 19.4 Å². The van der Waals surface area contributed by atoms with Crippen molar-refractivity contribution in [2.24, 2.45) is 5.41 Å². The van der Waals surface area contributed by atoms with Crippen LogP contribution in [0.15, 0.2) is 24.3 Å². The first-order chi connectivity index (χ1) is 13.0. The first-order valence-electron chi connectivity index (χ1n) is 9.48. The number of hydrogen-bond donors (Lipinski definition) is 2. The number of piperidine rings is 1. The lowest BCUT2D eigenvalue weighted by molar-refractivity contribution is -0.136. The smallest absolute Gasteiger partial charge is 0.242 e. The Morgan fingerprint density at radius 2 is 2.07 bits per heavy atom. The second kappa shape index (κ2) is 9.58. The fourth-order valence-corrected chi connectivity index (χ4v) is 4.17. The van der Waals surface area contributed by atoms with Crippen LogP contribution in [0.25, 0.3) is 0 Å². The number of nitrogens with zero attached hydrogens (tertiary/aromatic N) is 2. The molecule has 2 aliphatic heterocycles. The molecule has 156 valence electrons. The number of hydrogen-bond acceptors (Lipinski definition) is 5. The molecular weight excluding hydrogens is 382 g/mol. The monoisotopic (exact) mass is 411 g/mol. The van der Waals surface area contributed by atoms with Gasteiger partial charge in [-0.3, -0.25) is 9.59 Å². The number of ether oxygens (including phenoxy) is 1. The van der Waals surface area contributed by atoms with Crippen LogP contribution in [0.3, 0.4) is 0 Å². The molecule has 0 radical (unpaired) electrons. The highest BCUT2D eigenvalue weighted by Gasteiger charge is 2.45. The summed E-state index contributed by atoms with van der Waals surface area (Å²) in [5, 5.41) is 12.2. The maximum absolute atomic E-state index is 12.6. The lowest BCUT2D eigenvalue weighted by atomic mass is 9.77. The van der Waals surface area contributed by atoms with Gasteiger partial charge in [0.25, 0.3) is 0 Å². The fourth-order valence-electron chi connectivity index (χ4n) is 4.17. The van der Waals surface area contributed by atoms with Crippen molar-refractivity contribution in [3.8, 4) is 5.75 Å². The Morgan fingerprint density at radius 1 is 1.36 bits per heavy atom. The van der Waals surface area contributed by atoms with E-state index in [1.807, 2.05) is 29.2 Å². The Hall–Kier alpha value is -1.83. The number of likely N-dealkylation sites (N-methyl/N-ethyl adjacent to an activating group) is 1. The van der Waals surface area contributed by atoms with Crippen LogP contribution in [-0.2, 0) is 16.1 Å². The van der Waals surface area contributed by atoms with E-state index in [0.29, 0.717) is 26.1 Å². The van der Waals surface area contributed by atoms with Crippen LogP contribution in [0.5, 0.6) is 5.75 Å². The highest BCUT2D eigenvalue weighted by atomic mass is 35.5. The van der Waals surface area contributed by atoms with Crippen LogP contribution < -0.4 is 10.1 Å². The Labute approximate surface area is 172 Å². The summed E-state index contributed by atoms with van der Waals surface area (Å²) in [6.07, 6.45) is 2.19. The molecule has 0 aliphatic carbocycles. The molecule has 28 heavy (non-hydrogen) atoms. The minimum absolute atomic E-state index is 0. The van der Waals surface area contributed by atoms with Crippen molar-refractivity contribution in [1.82, 2.24) is 15.1 Å². The molecule has 2 saturated heterocycles. The molecule has 2 amide bonds. The fraction of sp³-hybridized carbons (Fsp3) is 0.600. The van der Waals surface area contributed by atoms with E-state index in [-0.39, 0.29) is 36.2 Å². The normalized spacial score (nSPS) is 19.5. The third-order valence-corrected chi connectivity index (χ3v) is 5.88. The van der Waals surface area contributed by atoms with Crippen molar-refractivity contribution in [1.29, 1.82) is 0 Å². The summed E-state index contributed by atoms with van der Waals surface area (Å²) in [4.78, 5) is 28.7. The Balaban J connectivity index is 0.00000280. The van der Waals surface area contributed by atoms with Crippen LogP contribution in [0.4, 0.5) is 0 Å². The number of carbonyl (C=O) groups is 2. The predicted octanol–water partition coefficient (Wildman–Crippen LogP) is 1.04. The van der Waals surface area contributed by atoms with E-state index in [1.54, 1.807) is 19.1 Å². The highest BCUT2D eigenvalue weighted by molar-refractivity contribution is 5.85. The molecule has 0 unspecified atom stereocenters. The van der Waals surface area contributed by atoms with Gasteiger partial charge in [0.05, 0.1) is 13.7 Å². The molecule has 0 bridgehead atoms. The number of carbonyl (C=O) groups excluding carboxylic acids is 2. The van der Waals surface area contributed by atoms with Gasteiger partial charge in [0, 0.05) is 38.0 Å². The van der Waals surface area contributed by atoms with E-state index in [2.05, 4.69) is 5.32 Å². The van der Waals surface area contributed by atoms with Crippen molar-refractivity contribution in [3.05, 3.63) is 29.8 Å². The maximum Gasteiger partial charge on any atom is 0.242 e. The number of aliphatic hydroxyl groups excluding tert-OH is 1. The van der Waals surface area contributed by atoms with E-state index in [1.165, 1.54) is 0 Å². The Kier molecular flexibility index (Phi) is 7.69. The Bertz CT molecular complexity index is 688. The molecule has 2 N–H and O–H groups in total. The highest BCUT2D eigenvalue weighted by Crippen LogP contribution is 2.41. The van der Waals surface area contributed by atoms with Gasteiger partial charge in [-0.05, 0) is 37.6 Å². The number of amides is 2. The third-order valence-electron chi connectivity index (χ3n) is 5.88. The molecule has 1 aromatic carbocycles. The van der Waals surface area contributed by atoms with Crippen molar-refractivity contribution in [3.63, 3.8) is 0 Å². The van der Waals surface area contributed by atoms with Crippen molar-refractivity contribution >= 4 is 24.2 Å². The minimum Gasteiger partial charge on any atom is -0.497 e. The zero-order valence-electron chi connectivity index (χ0n) is 16.5. The molecule has 0 saturated carbocycles. The molecular formula is C20H30ClN3O4. The van der Waals surface area contributed by atoms with Crippen LogP contribution in [0.2, 0.25) is 0 Å². The zero-order valence-corrected chi connectivity index (χ0v) is 17.3. The average Bonchev–Trinajstić information content (AvgIpc) is 2.98. The molecule has 2 fully saturated rings. The van der Waals surface area contributed by atoms with Crippen LogP contribution in [0, 0.1) is 5.41 Å². The zero-order chi connectivity index (χ0) is 19.4. The first kappa shape index (κ1) is 22.5. The van der Waals surface area contributed by atoms with E-state index >= 15 is 0 Å². The second-order valence-electron chi connectivity index (χ2n) is 7.63. The summed E-state index contributed by atoms with van der Waals surface area (Å²) < 4.78 is 5.26. The van der Waals surface area contributed by atoms with Gasteiger partial charge in [0.1, 0.15) is 11.8 Å². The van der Waals surface area contributed by atoms with E-state index in [4.69, 9.17) is 4.74 Å². The van der Waals surface area contributed by atoms with Gasteiger partial charge in [-0.25, -0.2) is 0 Å². The molecule has 1 spiro atoms. The third kappa shape index (κ3) is 4.77. The molecule has 2 heterocycles. The van der Waals surface area contributed by atoms with Gasteiger partial charge >= 0.3 is 0 Å². The predicted molar refractivity (Wildman–Crippen MR) is 108 cm³/mol. The summed E-state index contributed by atoms with van der Waals surface area (Å²) >= 11 is 0. The quantitative estimate of drug-likeness (QED) is 0.730. The molecule has 0 aromatic heterocycles. The van der Waals surface area contributed by atoms with Gasteiger partial charge in [-0.15, -0.1) is 12.4 Å². The number of methoxy groups -OCH3 is 1. The summed E-state index contributed by atoms with van der Waals surface area (Å²) in [7, 11) is 3.32. The SMILES string of the molecule is CN[C@@H](CO)C(=O)N1CCC2(CC1)CC(=O)N(Cc1cccc(OC)c1)C2.Cl. The second-order valence-corrected chi connectivity index (χ2v) is 7.63. The van der Waals surface area contributed by atoms with E-state index in [9.17, 15) is 14.7 Å². The molecule has 1 atom stereocenters. The van der Waals surface area contributed by atoms with Crippen LogP contribution >= 0.6 is 12.4 Å². The molecule has 3 rings (SSSR count). The summed E-state index contributed by atoms with van der Waals surface area (Å²) in [6.45, 7) is 2.39. The van der Waals surface area contributed by atoms with Gasteiger partial charge in [-0.1, -0.05) is 12.1 Å². The topological polar surface area (TPSA) is 82.1 Å². The largest absolute Gasteiger partial charge is 0.497 e. The molecule has 8 heteroatoms. The van der Waals surface area contributed by atoms with E-state index in [0.717, 1.165) is 30.7 Å². The van der Waals surface area contributed by atoms with Gasteiger partial charge in [0.2, 0.25) is 11.8 Å². The van der Waals surface area contributed by atoms with Gasteiger partial charge in [-0.2, -0.15) is 0 Å².